The van der Waals surface area contributed by atoms with E-state index in [9.17, 15) is 4.79 Å². The van der Waals surface area contributed by atoms with Gasteiger partial charge in [0.2, 0.25) is 0 Å². The highest BCUT2D eigenvalue weighted by Crippen LogP contribution is 2.29. The summed E-state index contributed by atoms with van der Waals surface area (Å²) in [6, 6.07) is 13.3. The molecule has 0 radical (unpaired) electrons. The Hall–Kier alpha value is -1.80. The van der Waals surface area contributed by atoms with Crippen LogP contribution in [-0.4, -0.2) is 20.4 Å². The number of halogens is 1. The van der Waals surface area contributed by atoms with Crippen LogP contribution in [0.15, 0.2) is 42.5 Å². The third kappa shape index (κ3) is 2.54. The maximum absolute atomic E-state index is 10.8. The summed E-state index contributed by atoms with van der Waals surface area (Å²) in [5.74, 6) is 0. The number of carbonyl (C=O) groups is 1. The molecule has 0 aromatic heterocycles. The lowest BCUT2D eigenvalue weighted by Crippen LogP contribution is -2.07. The van der Waals surface area contributed by atoms with Gasteiger partial charge in [-0.1, -0.05) is 29.8 Å². The standard InChI is InChI=1S/C15H14ClNO/c1-17(2)13-6-4-12(5-7-13)14-9-11(10-18)3-8-15(14)16/h3-10H,1-2H3. The van der Waals surface area contributed by atoms with Gasteiger partial charge in [-0.3, -0.25) is 4.79 Å². The van der Waals surface area contributed by atoms with Crippen molar-refractivity contribution >= 4 is 23.6 Å². The molecule has 0 spiro atoms. The molecule has 92 valence electrons. The number of anilines is 1. The van der Waals surface area contributed by atoms with Crippen LogP contribution in [0.2, 0.25) is 5.02 Å². The summed E-state index contributed by atoms with van der Waals surface area (Å²) in [5, 5.41) is 0.651. The summed E-state index contributed by atoms with van der Waals surface area (Å²) in [7, 11) is 3.99. The third-order valence-corrected chi connectivity index (χ3v) is 3.15. The number of benzene rings is 2. The molecule has 2 nitrogen and oxygen atoms in total. The zero-order valence-electron chi connectivity index (χ0n) is 10.4. The van der Waals surface area contributed by atoms with E-state index in [2.05, 4.69) is 0 Å². The van der Waals surface area contributed by atoms with Gasteiger partial charge in [0, 0.05) is 35.9 Å². The van der Waals surface area contributed by atoms with Crippen LogP contribution in [0.25, 0.3) is 11.1 Å². The number of hydrogen-bond donors (Lipinski definition) is 0. The molecule has 0 aliphatic heterocycles. The van der Waals surface area contributed by atoms with Crippen LogP contribution < -0.4 is 4.90 Å². The smallest absolute Gasteiger partial charge is 0.150 e. The Labute approximate surface area is 112 Å². The van der Waals surface area contributed by atoms with Gasteiger partial charge in [-0.25, -0.2) is 0 Å². The average Bonchev–Trinajstić information content (AvgIpc) is 2.39. The molecule has 0 N–H and O–H groups in total. The van der Waals surface area contributed by atoms with Crippen molar-refractivity contribution in [1.82, 2.24) is 0 Å². The first-order valence-corrected chi connectivity index (χ1v) is 6.02. The molecule has 0 saturated heterocycles. The lowest BCUT2D eigenvalue weighted by atomic mass is 10.0. The highest BCUT2D eigenvalue weighted by atomic mass is 35.5. The fourth-order valence-corrected chi connectivity index (χ4v) is 2.00. The summed E-state index contributed by atoms with van der Waals surface area (Å²) in [6.07, 6.45) is 0.827. The zero-order chi connectivity index (χ0) is 13.1. The minimum Gasteiger partial charge on any atom is -0.378 e. The summed E-state index contributed by atoms with van der Waals surface area (Å²) >= 11 is 6.16. The largest absolute Gasteiger partial charge is 0.378 e. The van der Waals surface area contributed by atoms with Gasteiger partial charge in [0.15, 0.2) is 0 Å². The SMILES string of the molecule is CN(C)c1ccc(-c2cc(C=O)ccc2Cl)cc1. The average molecular weight is 260 g/mol. The van der Waals surface area contributed by atoms with E-state index >= 15 is 0 Å². The van der Waals surface area contributed by atoms with Gasteiger partial charge in [-0.2, -0.15) is 0 Å². The maximum Gasteiger partial charge on any atom is 0.150 e. The second kappa shape index (κ2) is 5.23. The van der Waals surface area contributed by atoms with E-state index in [-0.39, 0.29) is 0 Å². The Kier molecular flexibility index (Phi) is 3.68. The molecule has 2 rings (SSSR count). The lowest BCUT2D eigenvalue weighted by Gasteiger charge is -2.13. The van der Waals surface area contributed by atoms with Crippen LogP contribution >= 0.6 is 11.6 Å². The van der Waals surface area contributed by atoms with E-state index in [0.717, 1.165) is 23.1 Å². The van der Waals surface area contributed by atoms with Gasteiger partial charge in [-0.15, -0.1) is 0 Å². The summed E-state index contributed by atoms with van der Waals surface area (Å²) in [6.45, 7) is 0. The van der Waals surface area contributed by atoms with Crippen molar-refractivity contribution < 1.29 is 4.79 Å². The van der Waals surface area contributed by atoms with Gasteiger partial charge in [0.05, 0.1) is 0 Å². The summed E-state index contributed by atoms with van der Waals surface area (Å²) in [5.41, 5.74) is 3.65. The van der Waals surface area contributed by atoms with E-state index in [4.69, 9.17) is 11.6 Å². The number of nitrogens with zero attached hydrogens (tertiary/aromatic N) is 1. The molecule has 3 heteroatoms. The number of carbonyl (C=O) groups excluding carboxylic acids is 1. The molecular formula is C15H14ClNO. The normalized spacial score (nSPS) is 10.2. The van der Waals surface area contributed by atoms with E-state index in [1.165, 1.54) is 0 Å². The van der Waals surface area contributed by atoms with Crippen molar-refractivity contribution in [2.75, 3.05) is 19.0 Å². The molecule has 0 fully saturated rings. The van der Waals surface area contributed by atoms with Gasteiger partial charge in [-0.05, 0) is 29.8 Å². The second-order valence-corrected chi connectivity index (χ2v) is 4.71. The first-order valence-electron chi connectivity index (χ1n) is 5.64. The van der Waals surface area contributed by atoms with Gasteiger partial charge < -0.3 is 4.90 Å². The van der Waals surface area contributed by atoms with E-state index in [0.29, 0.717) is 10.6 Å². The molecule has 0 aliphatic carbocycles. The molecule has 2 aromatic rings. The highest BCUT2D eigenvalue weighted by molar-refractivity contribution is 6.33. The van der Waals surface area contributed by atoms with Crippen LogP contribution in [-0.2, 0) is 0 Å². The molecule has 0 heterocycles. The fourth-order valence-electron chi connectivity index (χ4n) is 1.78. The van der Waals surface area contributed by atoms with Crippen molar-refractivity contribution in [1.29, 1.82) is 0 Å². The lowest BCUT2D eigenvalue weighted by molar-refractivity contribution is 0.112. The number of aldehydes is 1. The molecule has 0 unspecified atom stereocenters. The zero-order valence-corrected chi connectivity index (χ0v) is 11.1. The Morgan fingerprint density at radius 1 is 1.06 bits per heavy atom. The van der Waals surface area contributed by atoms with E-state index in [1.807, 2.05) is 43.3 Å². The molecule has 0 aliphatic rings. The monoisotopic (exact) mass is 259 g/mol. The fraction of sp³-hybridized carbons (Fsp3) is 0.133. The van der Waals surface area contributed by atoms with Crippen molar-refractivity contribution in [3.63, 3.8) is 0 Å². The topological polar surface area (TPSA) is 20.3 Å². The minimum atomic E-state index is 0.631. The Balaban J connectivity index is 2.44. The van der Waals surface area contributed by atoms with Crippen LogP contribution in [0.3, 0.4) is 0 Å². The second-order valence-electron chi connectivity index (χ2n) is 4.30. The first kappa shape index (κ1) is 12.7. The van der Waals surface area contributed by atoms with Crippen molar-refractivity contribution in [3.8, 4) is 11.1 Å². The molecule has 0 amide bonds. The minimum absolute atomic E-state index is 0.631. The van der Waals surface area contributed by atoms with Gasteiger partial charge in [0.1, 0.15) is 6.29 Å². The highest BCUT2D eigenvalue weighted by Gasteiger charge is 2.05. The van der Waals surface area contributed by atoms with Crippen molar-refractivity contribution in [2.24, 2.45) is 0 Å². The molecule has 2 aromatic carbocycles. The third-order valence-electron chi connectivity index (χ3n) is 2.82. The Morgan fingerprint density at radius 2 is 1.72 bits per heavy atom. The molecule has 18 heavy (non-hydrogen) atoms. The molecule has 0 atom stereocenters. The predicted octanol–water partition coefficient (Wildman–Crippen LogP) is 3.89. The number of hydrogen-bond acceptors (Lipinski definition) is 2. The summed E-state index contributed by atoms with van der Waals surface area (Å²) < 4.78 is 0. The summed E-state index contributed by atoms with van der Waals surface area (Å²) in [4.78, 5) is 12.8. The number of rotatable bonds is 3. The van der Waals surface area contributed by atoms with Gasteiger partial charge in [0.25, 0.3) is 0 Å². The van der Waals surface area contributed by atoms with Crippen molar-refractivity contribution in [3.05, 3.63) is 53.1 Å². The Morgan fingerprint density at radius 3 is 2.28 bits per heavy atom. The maximum atomic E-state index is 10.8. The van der Waals surface area contributed by atoms with Crippen LogP contribution in [0, 0.1) is 0 Å². The van der Waals surface area contributed by atoms with Gasteiger partial charge >= 0.3 is 0 Å². The van der Waals surface area contributed by atoms with E-state index in [1.54, 1.807) is 18.2 Å². The van der Waals surface area contributed by atoms with Crippen molar-refractivity contribution in [2.45, 2.75) is 0 Å². The molecule has 0 bridgehead atoms. The Bertz CT molecular complexity index is 561. The van der Waals surface area contributed by atoms with E-state index < -0.39 is 0 Å². The van der Waals surface area contributed by atoms with Crippen LogP contribution in [0.1, 0.15) is 10.4 Å². The molecular weight excluding hydrogens is 246 g/mol. The predicted molar refractivity (Wildman–Crippen MR) is 76.6 cm³/mol. The molecule has 0 saturated carbocycles. The van der Waals surface area contributed by atoms with Crippen LogP contribution in [0.5, 0.6) is 0 Å². The van der Waals surface area contributed by atoms with Crippen LogP contribution in [0.4, 0.5) is 5.69 Å². The first-order chi connectivity index (χ1) is 8.61. The quantitative estimate of drug-likeness (QED) is 0.780.